The van der Waals surface area contributed by atoms with Crippen LogP contribution in [0.3, 0.4) is 0 Å². The number of hydrogen-bond acceptors (Lipinski definition) is 4. The molecule has 0 fully saturated rings. The number of ketones is 1. The molecule has 3 rings (SSSR count). The Morgan fingerprint density at radius 3 is 2.48 bits per heavy atom. The molecular formula is C24H21N3O2. The molecule has 0 aliphatic carbocycles. The molecule has 0 spiro atoms. The first-order valence-electron chi connectivity index (χ1n) is 9.29. The van der Waals surface area contributed by atoms with Gasteiger partial charge in [-0.3, -0.25) is 9.59 Å². The van der Waals surface area contributed by atoms with Crippen molar-refractivity contribution in [2.24, 2.45) is 0 Å². The lowest BCUT2D eigenvalue weighted by atomic mass is 9.94. The van der Waals surface area contributed by atoms with Gasteiger partial charge in [0.2, 0.25) is 0 Å². The van der Waals surface area contributed by atoms with Crippen LogP contribution in [0.15, 0.2) is 59.4 Å². The standard InChI is InChI=1S/C24H21N3O2/c1-3-20-15(2)27-24(29)22(26)21(20)23(28)18-11-7-8-16(12-18)13-19(14-25)17-9-5-4-6-10-17/h4-13H,3,26H2,1-2H3,(H,27,29)/b19-13+. The van der Waals surface area contributed by atoms with Crippen LogP contribution in [-0.2, 0) is 6.42 Å². The second kappa shape index (κ2) is 8.41. The molecule has 1 aromatic heterocycles. The maximum Gasteiger partial charge on any atom is 0.272 e. The molecule has 3 aromatic rings. The number of benzene rings is 2. The molecule has 2 aromatic carbocycles. The summed E-state index contributed by atoms with van der Waals surface area (Å²) in [6.07, 6.45) is 2.30. The number of pyridine rings is 1. The van der Waals surface area contributed by atoms with Crippen LogP contribution in [0.2, 0.25) is 0 Å². The number of H-pyrrole nitrogens is 1. The van der Waals surface area contributed by atoms with Gasteiger partial charge in [0.1, 0.15) is 5.69 Å². The molecule has 0 saturated heterocycles. The van der Waals surface area contributed by atoms with Gasteiger partial charge in [-0.1, -0.05) is 55.5 Å². The predicted octanol–water partition coefficient (Wildman–Crippen LogP) is 4.12. The van der Waals surface area contributed by atoms with Crippen LogP contribution in [0.1, 0.15) is 45.2 Å². The SMILES string of the molecule is CCc1c(C)[nH]c(=O)c(N)c1C(=O)c1cccc(/C=C(\C#N)c2ccccc2)c1. The van der Waals surface area contributed by atoms with E-state index in [1.807, 2.05) is 43.3 Å². The number of nitriles is 1. The number of carbonyl (C=O) groups is 1. The van der Waals surface area contributed by atoms with Crippen LogP contribution in [0, 0.1) is 18.3 Å². The van der Waals surface area contributed by atoms with E-state index in [1.165, 1.54) is 0 Å². The molecule has 0 aliphatic rings. The van der Waals surface area contributed by atoms with Gasteiger partial charge < -0.3 is 10.7 Å². The summed E-state index contributed by atoms with van der Waals surface area (Å²) in [5.74, 6) is -0.304. The first kappa shape index (κ1) is 19.8. The smallest absolute Gasteiger partial charge is 0.272 e. The number of anilines is 1. The van der Waals surface area contributed by atoms with Gasteiger partial charge in [-0.05, 0) is 42.2 Å². The summed E-state index contributed by atoms with van der Waals surface area (Å²) >= 11 is 0. The van der Waals surface area contributed by atoms with Crippen molar-refractivity contribution in [3.63, 3.8) is 0 Å². The first-order valence-corrected chi connectivity index (χ1v) is 9.29. The van der Waals surface area contributed by atoms with Crippen molar-refractivity contribution in [3.8, 4) is 6.07 Å². The number of carbonyl (C=O) groups excluding carboxylic acids is 1. The molecule has 0 aliphatic heterocycles. The van der Waals surface area contributed by atoms with E-state index in [0.29, 0.717) is 23.3 Å². The molecule has 0 unspecified atom stereocenters. The van der Waals surface area contributed by atoms with E-state index >= 15 is 0 Å². The van der Waals surface area contributed by atoms with Crippen LogP contribution in [0.4, 0.5) is 5.69 Å². The maximum atomic E-state index is 13.2. The van der Waals surface area contributed by atoms with E-state index in [1.54, 1.807) is 31.2 Å². The van der Waals surface area contributed by atoms with Gasteiger partial charge in [0, 0.05) is 11.3 Å². The molecule has 3 N–H and O–H groups in total. The van der Waals surface area contributed by atoms with E-state index in [0.717, 1.165) is 16.7 Å². The zero-order valence-electron chi connectivity index (χ0n) is 16.3. The molecule has 1 heterocycles. The number of nitrogen functional groups attached to an aromatic ring is 1. The maximum absolute atomic E-state index is 13.2. The molecule has 144 valence electrons. The second-order valence-corrected chi connectivity index (χ2v) is 6.69. The lowest BCUT2D eigenvalue weighted by molar-refractivity contribution is 0.103. The number of nitrogens with zero attached hydrogens (tertiary/aromatic N) is 1. The second-order valence-electron chi connectivity index (χ2n) is 6.69. The van der Waals surface area contributed by atoms with E-state index in [9.17, 15) is 14.9 Å². The highest BCUT2D eigenvalue weighted by molar-refractivity contribution is 6.13. The van der Waals surface area contributed by atoms with Gasteiger partial charge in [-0.15, -0.1) is 0 Å². The minimum Gasteiger partial charge on any atom is -0.394 e. The number of nitrogens with two attached hydrogens (primary N) is 1. The third-order valence-electron chi connectivity index (χ3n) is 4.82. The minimum atomic E-state index is -0.463. The zero-order valence-corrected chi connectivity index (χ0v) is 16.3. The summed E-state index contributed by atoms with van der Waals surface area (Å²) in [6, 6.07) is 18.5. The number of allylic oxidation sites excluding steroid dienone is 1. The van der Waals surface area contributed by atoms with Crippen LogP contribution < -0.4 is 11.3 Å². The number of nitrogens with one attached hydrogen (secondary N) is 1. The third-order valence-corrected chi connectivity index (χ3v) is 4.82. The van der Waals surface area contributed by atoms with Gasteiger partial charge in [0.25, 0.3) is 5.56 Å². The molecule has 0 bridgehead atoms. The fourth-order valence-electron chi connectivity index (χ4n) is 3.36. The van der Waals surface area contributed by atoms with E-state index < -0.39 is 5.56 Å². The summed E-state index contributed by atoms with van der Waals surface area (Å²) in [7, 11) is 0. The predicted molar refractivity (Wildman–Crippen MR) is 115 cm³/mol. The van der Waals surface area contributed by atoms with Crippen LogP contribution in [-0.4, -0.2) is 10.8 Å². The molecule has 0 saturated carbocycles. The Hall–Kier alpha value is -3.91. The van der Waals surface area contributed by atoms with Gasteiger partial charge in [0.05, 0.1) is 17.2 Å². The Bertz CT molecular complexity index is 1200. The number of aromatic nitrogens is 1. The van der Waals surface area contributed by atoms with Crippen molar-refractivity contribution in [2.45, 2.75) is 20.3 Å². The number of hydrogen-bond donors (Lipinski definition) is 2. The van der Waals surface area contributed by atoms with E-state index in [-0.39, 0.29) is 17.0 Å². The summed E-state index contributed by atoms with van der Waals surface area (Å²) in [4.78, 5) is 28.0. The molecule has 5 nitrogen and oxygen atoms in total. The highest BCUT2D eigenvalue weighted by Crippen LogP contribution is 2.23. The Balaban J connectivity index is 2.08. The molecule has 0 amide bonds. The van der Waals surface area contributed by atoms with Gasteiger partial charge in [-0.2, -0.15) is 5.26 Å². The summed E-state index contributed by atoms with van der Waals surface area (Å²) in [5, 5.41) is 9.52. The van der Waals surface area contributed by atoms with Gasteiger partial charge >= 0.3 is 0 Å². The Kier molecular flexibility index (Phi) is 5.75. The van der Waals surface area contributed by atoms with E-state index in [4.69, 9.17) is 5.73 Å². The highest BCUT2D eigenvalue weighted by atomic mass is 16.1. The van der Waals surface area contributed by atoms with Crippen LogP contribution in [0.25, 0.3) is 11.6 Å². The normalized spacial score (nSPS) is 11.1. The van der Waals surface area contributed by atoms with Crippen LogP contribution >= 0.6 is 0 Å². The van der Waals surface area contributed by atoms with Crippen molar-refractivity contribution < 1.29 is 4.79 Å². The molecule has 5 heteroatoms. The highest BCUT2D eigenvalue weighted by Gasteiger charge is 2.20. The summed E-state index contributed by atoms with van der Waals surface area (Å²) < 4.78 is 0. The Morgan fingerprint density at radius 2 is 1.83 bits per heavy atom. The molecular weight excluding hydrogens is 362 g/mol. The Labute approximate surface area is 169 Å². The monoisotopic (exact) mass is 383 g/mol. The fourth-order valence-corrected chi connectivity index (χ4v) is 3.36. The molecule has 0 radical (unpaired) electrons. The number of aryl methyl sites for hydroxylation is 1. The zero-order chi connectivity index (χ0) is 21.0. The van der Waals surface area contributed by atoms with Crippen molar-refractivity contribution in [1.82, 2.24) is 4.98 Å². The van der Waals surface area contributed by atoms with E-state index in [2.05, 4.69) is 11.1 Å². The average Bonchev–Trinajstić information content (AvgIpc) is 2.74. The van der Waals surface area contributed by atoms with Crippen molar-refractivity contribution in [1.29, 1.82) is 5.26 Å². The topological polar surface area (TPSA) is 99.7 Å². The first-order chi connectivity index (χ1) is 14.0. The van der Waals surface area contributed by atoms with Crippen molar-refractivity contribution >= 4 is 23.1 Å². The van der Waals surface area contributed by atoms with Crippen molar-refractivity contribution in [2.75, 3.05) is 5.73 Å². The third kappa shape index (κ3) is 4.02. The lowest BCUT2D eigenvalue weighted by Gasteiger charge is -2.13. The molecule has 0 atom stereocenters. The Morgan fingerprint density at radius 1 is 1.14 bits per heavy atom. The van der Waals surface area contributed by atoms with Crippen LogP contribution in [0.5, 0.6) is 0 Å². The van der Waals surface area contributed by atoms with Gasteiger partial charge in [0.15, 0.2) is 5.78 Å². The molecule has 29 heavy (non-hydrogen) atoms. The fraction of sp³-hybridized carbons (Fsp3) is 0.125. The summed E-state index contributed by atoms with van der Waals surface area (Å²) in [5.41, 5.74) is 9.48. The average molecular weight is 383 g/mol. The number of rotatable bonds is 5. The quantitative estimate of drug-likeness (QED) is 0.393. The minimum absolute atomic E-state index is 0.0691. The lowest BCUT2D eigenvalue weighted by Crippen LogP contribution is -2.22. The largest absolute Gasteiger partial charge is 0.394 e. The van der Waals surface area contributed by atoms with Gasteiger partial charge in [-0.25, -0.2) is 0 Å². The summed E-state index contributed by atoms with van der Waals surface area (Å²) in [6.45, 7) is 3.67. The number of aromatic amines is 1. The van der Waals surface area contributed by atoms with Crippen molar-refractivity contribution in [3.05, 3.63) is 98.5 Å².